The fraction of sp³-hybridized carbons (Fsp3) is 0. The van der Waals surface area contributed by atoms with Gasteiger partial charge in [-0.1, -0.05) is 22.5 Å². The highest BCUT2D eigenvalue weighted by atomic mass is 79.9. The summed E-state index contributed by atoms with van der Waals surface area (Å²) in [6.07, 6.45) is 4.78. The van der Waals surface area contributed by atoms with Gasteiger partial charge in [0.2, 0.25) is 0 Å². The molecular weight excluding hydrogens is 318 g/mol. The molecular formula is C15H10BrN3O. The summed E-state index contributed by atoms with van der Waals surface area (Å²) in [7, 11) is 0. The standard InChI is InChI=1S/C15H10BrN3O/c1-9(20)10-4-11(7-17-6-10)15-13-5-12(16)2-3-14(13)18-8-19-15/h2-8,20H,1H2. The van der Waals surface area contributed by atoms with Crippen molar-refractivity contribution in [3.63, 3.8) is 0 Å². The molecule has 0 amide bonds. The quantitative estimate of drug-likeness (QED) is 0.723. The van der Waals surface area contributed by atoms with Crippen LogP contribution in [-0.2, 0) is 0 Å². The lowest BCUT2D eigenvalue weighted by atomic mass is 10.1. The second kappa shape index (κ2) is 5.02. The fourth-order valence-electron chi connectivity index (χ4n) is 1.99. The van der Waals surface area contributed by atoms with Gasteiger partial charge in [-0.3, -0.25) is 4.98 Å². The first-order valence-corrected chi connectivity index (χ1v) is 6.68. The van der Waals surface area contributed by atoms with E-state index in [1.54, 1.807) is 18.5 Å². The van der Waals surface area contributed by atoms with Crippen molar-refractivity contribution in [2.75, 3.05) is 0 Å². The molecule has 0 atom stereocenters. The number of aliphatic hydroxyl groups excluding tert-OH is 1. The highest BCUT2D eigenvalue weighted by Gasteiger charge is 2.08. The zero-order valence-electron chi connectivity index (χ0n) is 10.4. The summed E-state index contributed by atoms with van der Waals surface area (Å²) < 4.78 is 0.955. The van der Waals surface area contributed by atoms with Gasteiger partial charge in [-0.25, -0.2) is 9.97 Å². The first-order chi connectivity index (χ1) is 9.65. The molecule has 0 saturated carbocycles. The van der Waals surface area contributed by atoms with Crippen molar-refractivity contribution in [1.29, 1.82) is 0 Å². The summed E-state index contributed by atoms with van der Waals surface area (Å²) in [6.45, 7) is 3.51. The maximum Gasteiger partial charge on any atom is 0.117 e. The summed E-state index contributed by atoms with van der Waals surface area (Å²) in [6, 6.07) is 7.62. The van der Waals surface area contributed by atoms with Gasteiger partial charge in [-0.05, 0) is 24.3 Å². The van der Waals surface area contributed by atoms with Crippen molar-refractivity contribution in [2.45, 2.75) is 0 Å². The highest BCUT2D eigenvalue weighted by molar-refractivity contribution is 9.10. The zero-order valence-corrected chi connectivity index (χ0v) is 12.0. The van der Waals surface area contributed by atoms with Crippen molar-refractivity contribution in [3.05, 3.63) is 59.6 Å². The maximum atomic E-state index is 9.48. The van der Waals surface area contributed by atoms with E-state index in [0.29, 0.717) is 5.56 Å². The molecule has 1 N–H and O–H groups in total. The van der Waals surface area contributed by atoms with Crippen LogP contribution < -0.4 is 0 Å². The molecule has 98 valence electrons. The molecule has 5 heteroatoms. The zero-order chi connectivity index (χ0) is 14.1. The Kier molecular flexibility index (Phi) is 3.20. The molecule has 3 rings (SSSR count). The molecule has 0 unspecified atom stereocenters. The summed E-state index contributed by atoms with van der Waals surface area (Å²) in [5.74, 6) is -0.0149. The minimum absolute atomic E-state index is 0.0149. The van der Waals surface area contributed by atoms with Gasteiger partial charge in [-0.2, -0.15) is 0 Å². The fourth-order valence-corrected chi connectivity index (χ4v) is 2.35. The molecule has 4 nitrogen and oxygen atoms in total. The van der Waals surface area contributed by atoms with Gasteiger partial charge in [0, 0.05) is 33.4 Å². The molecule has 0 aliphatic rings. The summed E-state index contributed by atoms with van der Waals surface area (Å²) in [5.41, 5.74) is 3.01. The van der Waals surface area contributed by atoms with Gasteiger partial charge in [0.25, 0.3) is 0 Å². The van der Waals surface area contributed by atoms with E-state index in [9.17, 15) is 5.11 Å². The number of halogens is 1. The number of benzene rings is 1. The molecule has 0 saturated heterocycles. The number of fused-ring (bicyclic) bond motifs is 1. The van der Waals surface area contributed by atoms with E-state index in [1.165, 1.54) is 6.33 Å². The molecule has 0 radical (unpaired) electrons. The van der Waals surface area contributed by atoms with Crippen molar-refractivity contribution >= 4 is 32.6 Å². The number of pyridine rings is 1. The van der Waals surface area contributed by atoms with E-state index >= 15 is 0 Å². The first kappa shape index (κ1) is 12.7. The van der Waals surface area contributed by atoms with Crippen LogP contribution in [0.3, 0.4) is 0 Å². The van der Waals surface area contributed by atoms with Gasteiger partial charge >= 0.3 is 0 Å². The predicted octanol–water partition coefficient (Wildman–Crippen LogP) is 3.98. The first-order valence-electron chi connectivity index (χ1n) is 5.89. The summed E-state index contributed by atoms with van der Waals surface area (Å²) >= 11 is 3.45. The lowest BCUT2D eigenvalue weighted by Crippen LogP contribution is -1.91. The highest BCUT2D eigenvalue weighted by Crippen LogP contribution is 2.28. The third-order valence-corrected chi connectivity index (χ3v) is 3.44. The largest absolute Gasteiger partial charge is 0.508 e. The van der Waals surface area contributed by atoms with Crippen LogP contribution in [0.1, 0.15) is 5.56 Å². The van der Waals surface area contributed by atoms with Crippen molar-refractivity contribution in [1.82, 2.24) is 15.0 Å². The van der Waals surface area contributed by atoms with E-state index in [4.69, 9.17) is 0 Å². The number of aliphatic hydroxyl groups is 1. The van der Waals surface area contributed by atoms with Crippen LogP contribution >= 0.6 is 15.9 Å². The van der Waals surface area contributed by atoms with E-state index in [0.717, 1.165) is 26.6 Å². The Bertz CT molecular complexity index is 817. The molecule has 0 fully saturated rings. The average molecular weight is 328 g/mol. The molecule has 20 heavy (non-hydrogen) atoms. The Morgan fingerprint density at radius 3 is 2.80 bits per heavy atom. The lowest BCUT2D eigenvalue weighted by Gasteiger charge is -2.06. The van der Waals surface area contributed by atoms with Crippen LogP contribution in [0.4, 0.5) is 0 Å². The van der Waals surface area contributed by atoms with Gasteiger partial charge in [0.15, 0.2) is 0 Å². The molecule has 0 bridgehead atoms. The van der Waals surface area contributed by atoms with Gasteiger partial charge < -0.3 is 5.11 Å². The second-order valence-electron chi connectivity index (χ2n) is 4.29. The van der Waals surface area contributed by atoms with Crippen molar-refractivity contribution in [2.24, 2.45) is 0 Å². The van der Waals surface area contributed by atoms with Gasteiger partial charge in [0.1, 0.15) is 12.1 Å². The van der Waals surface area contributed by atoms with E-state index < -0.39 is 0 Å². The van der Waals surface area contributed by atoms with Gasteiger partial charge in [0.05, 0.1) is 11.2 Å². The van der Waals surface area contributed by atoms with Crippen LogP contribution in [0.25, 0.3) is 27.9 Å². The summed E-state index contributed by atoms with van der Waals surface area (Å²) in [5, 5.41) is 10.4. The number of aromatic nitrogens is 3. The van der Waals surface area contributed by atoms with Crippen LogP contribution in [0, 0.1) is 0 Å². The topological polar surface area (TPSA) is 58.9 Å². The Balaban J connectivity index is 2.26. The molecule has 0 aliphatic carbocycles. The lowest BCUT2D eigenvalue weighted by molar-refractivity contribution is 0.513. The van der Waals surface area contributed by atoms with E-state index in [2.05, 4.69) is 37.5 Å². The Morgan fingerprint density at radius 1 is 1.15 bits per heavy atom. The molecule has 2 heterocycles. The van der Waals surface area contributed by atoms with Crippen molar-refractivity contribution < 1.29 is 5.11 Å². The van der Waals surface area contributed by atoms with E-state index in [-0.39, 0.29) is 5.76 Å². The van der Waals surface area contributed by atoms with Crippen LogP contribution in [0.15, 0.2) is 54.0 Å². The minimum Gasteiger partial charge on any atom is -0.508 e. The van der Waals surface area contributed by atoms with Crippen molar-refractivity contribution in [3.8, 4) is 11.3 Å². The van der Waals surface area contributed by atoms with Crippen LogP contribution in [-0.4, -0.2) is 20.1 Å². The number of rotatable bonds is 2. The normalized spacial score (nSPS) is 10.7. The second-order valence-corrected chi connectivity index (χ2v) is 5.21. The third kappa shape index (κ3) is 2.28. The number of hydrogen-bond acceptors (Lipinski definition) is 4. The third-order valence-electron chi connectivity index (χ3n) is 2.94. The maximum absolute atomic E-state index is 9.48. The predicted molar refractivity (Wildman–Crippen MR) is 82.1 cm³/mol. The molecule has 0 spiro atoms. The monoisotopic (exact) mass is 327 g/mol. The molecule has 1 aromatic carbocycles. The molecule has 2 aromatic heterocycles. The Morgan fingerprint density at radius 2 is 2.00 bits per heavy atom. The number of nitrogens with zero attached hydrogens (tertiary/aromatic N) is 3. The summed E-state index contributed by atoms with van der Waals surface area (Å²) in [4.78, 5) is 12.7. The van der Waals surface area contributed by atoms with E-state index in [1.807, 2.05) is 18.2 Å². The number of hydrogen-bond donors (Lipinski definition) is 1. The SMILES string of the molecule is C=C(O)c1cncc(-c2ncnc3ccc(Br)cc23)c1. The van der Waals surface area contributed by atoms with Crippen LogP contribution in [0.2, 0.25) is 0 Å². The minimum atomic E-state index is -0.0149. The molecule has 0 aliphatic heterocycles. The van der Waals surface area contributed by atoms with Gasteiger partial charge in [-0.15, -0.1) is 0 Å². The smallest absolute Gasteiger partial charge is 0.117 e. The Labute approximate surface area is 124 Å². The Hall–Kier alpha value is -2.27. The average Bonchev–Trinajstić information content (AvgIpc) is 2.46. The molecule has 3 aromatic rings. The van der Waals surface area contributed by atoms with Crippen LogP contribution in [0.5, 0.6) is 0 Å².